The van der Waals surface area contributed by atoms with Gasteiger partial charge in [-0.15, -0.1) is 18.2 Å². The first-order valence-electron chi connectivity index (χ1n) is 9.31. The third kappa shape index (κ3) is 3.74. The fourth-order valence-electron chi connectivity index (χ4n) is 3.49. The van der Waals surface area contributed by atoms with Crippen molar-refractivity contribution in [1.29, 1.82) is 0 Å². The highest BCUT2D eigenvalue weighted by Crippen LogP contribution is 2.44. The van der Waals surface area contributed by atoms with Gasteiger partial charge in [-0.2, -0.15) is 5.10 Å². The number of aryl methyl sites for hydroxylation is 2. The lowest BCUT2D eigenvalue weighted by molar-refractivity contribution is -0.113. The standard InChI is InChI=1S/C23H21N3O2S/c1-4-13-28-18-11-9-17(10-12-18)22-21-16(3)25-26(19-8-6-5-7-15(19)2)23(21)24-20(27)14-29-22/h1,5-12,22H,13-14H2,2-3H3,(H,24,27)/t22-/m1/s1. The molecule has 1 atom stereocenters. The lowest BCUT2D eigenvalue weighted by Gasteiger charge is -2.16. The van der Waals surface area contributed by atoms with E-state index in [4.69, 9.17) is 16.3 Å². The summed E-state index contributed by atoms with van der Waals surface area (Å²) in [5.41, 5.74) is 5.07. The van der Waals surface area contributed by atoms with E-state index in [9.17, 15) is 4.79 Å². The number of ether oxygens (including phenoxy) is 1. The summed E-state index contributed by atoms with van der Waals surface area (Å²) in [4.78, 5) is 12.5. The number of carbonyl (C=O) groups is 1. The lowest BCUT2D eigenvalue weighted by atomic mass is 10.0. The van der Waals surface area contributed by atoms with Gasteiger partial charge in [-0.05, 0) is 43.2 Å². The van der Waals surface area contributed by atoms with Crippen LogP contribution < -0.4 is 10.1 Å². The van der Waals surface area contributed by atoms with E-state index in [1.54, 1.807) is 11.8 Å². The molecule has 0 aliphatic carbocycles. The van der Waals surface area contributed by atoms with Gasteiger partial charge in [-0.1, -0.05) is 36.3 Å². The van der Waals surface area contributed by atoms with Crippen molar-refractivity contribution in [3.8, 4) is 23.8 Å². The molecule has 29 heavy (non-hydrogen) atoms. The molecule has 4 rings (SSSR count). The molecule has 1 aromatic heterocycles. The average Bonchev–Trinajstić information content (AvgIpc) is 2.92. The molecule has 1 aliphatic rings. The van der Waals surface area contributed by atoms with Crippen LogP contribution in [0.5, 0.6) is 5.75 Å². The van der Waals surface area contributed by atoms with Crippen LogP contribution in [0.4, 0.5) is 5.82 Å². The number of nitrogens with one attached hydrogen (secondary N) is 1. The fourth-order valence-corrected chi connectivity index (χ4v) is 4.67. The Morgan fingerprint density at radius 3 is 2.72 bits per heavy atom. The first-order chi connectivity index (χ1) is 14.1. The molecule has 0 fully saturated rings. The molecular formula is C23H21N3O2S. The van der Waals surface area contributed by atoms with Gasteiger partial charge in [-0.3, -0.25) is 4.79 Å². The normalized spacial score (nSPS) is 15.8. The second-order valence-electron chi connectivity index (χ2n) is 6.85. The summed E-state index contributed by atoms with van der Waals surface area (Å²) in [6, 6.07) is 15.9. The number of fused-ring (bicyclic) bond motifs is 1. The van der Waals surface area contributed by atoms with Gasteiger partial charge in [0.2, 0.25) is 5.91 Å². The van der Waals surface area contributed by atoms with E-state index >= 15 is 0 Å². The van der Waals surface area contributed by atoms with Crippen LogP contribution in [0, 0.1) is 26.2 Å². The van der Waals surface area contributed by atoms with Crippen LogP contribution in [0.25, 0.3) is 5.69 Å². The number of anilines is 1. The molecule has 0 unspecified atom stereocenters. The van der Waals surface area contributed by atoms with Gasteiger partial charge in [0, 0.05) is 5.56 Å². The molecule has 0 saturated carbocycles. The van der Waals surface area contributed by atoms with Crippen LogP contribution in [0.1, 0.15) is 27.6 Å². The first kappa shape index (κ1) is 19.2. The van der Waals surface area contributed by atoms with Crippen molar-refractivity contribution in [3.05, 3.63) is 70.9 Å². The molecule has 1 N–H and O–H groups in total. The van der Waals surface area contributed by atoms with Crippen molar-refractivity contribution in [2.24, 2.45) is 0 Å². The number of benzene rings is 2. The molecule has 5 nitrogen and oxygen atoms in total. The zero-order valence-corrected chi connectivity index (χ0v) is 17.1. The average molecular weight is 404 g/mol. The van der Waals surface area contributed by atoms with E-state index in [1.165, 1.54) is 0 Å². The predicted molar refractivity (Wildman–Crippen MR) is 117 cm³/mol. The van der Waals surface area contributed by atoms with Gasteiger partial charge in [0.05, 0.1) is 22.4 Å². The molecule has 146 valence electrons. The zero-order chi connectivity index (χ0) is 20.4. The van der Waals surface area contributed by atoms with Crippen molar-refractivity contribution < 1.29 is 9.53 Å². The molecule has 3 aromatic rings. The number of carbonyl (C=O) groups excluding carboxylic acids is 1. The second kappa shape index (κ2) is 8.06. The third-order valence-electron chi connectivity index (χ3n) is 4.86. The van der Waals surface area contributed by atoms with Crippen LogP contribution in [-0.4, -0.2) is 28.0 Å². The van der Waals surface area contributed by atoms with Crippen LogP contribution in [0.3, 0.4) is 0 Å². The van der Waals surface area contributed by atoms with Crippen LogP contribution in [0.2, 0.25) is 0 Å². The molecule has 0 saturated heterocycles. The van der Waals surface area contributed by atoms with E-state index in [1.807, 2.05) is 67.1 Å². The molecule has 0 radical (unpaired) electrons. The summed E-state index contributed by atoms with van der Waals surface area (Å²) in [5.74, 6) is 4.29. The van der Waals surface area contributed by atoms with Crippen LogP contribution >= 0.6 is 11.8 Å². The summed E-state index contributed by atoms with van der Waals surface area (Å²) >= 11 is 1.60. The summed E-state index contributed by atoms with van der Waals surface area (Å²) in [7, 11) is 0. The van der Waals surface area contributed by atoms with E-state index in [-0.39, 0.29) is 17.8 Å². The Morgan fingerprint density at radius 1 is 1.24 bits per heavy atom. The quantitative estimate of drug-likeness (QED) is 0.661. The highest BCUT2D eigenvalue weighted by Gasteiger charge is 2.30. The number of para-hydroxylation sites is 1. The number of nitrogens with zero attached hydrogens (tertiary/aromatic N) is 2. The Morgan fingerprint density at radius 2 is 2.00 bits per heavy atom. The minimum Gasteiger partial charge on any atom is -0.481 e. The maximum absolute atomic E-state index is 12.5. The van der Waals surface area contributed by atoms with Crippen molar-refractivity contribution in [2.75, 3.05) is 17.7 Å². The van der Waals surface area contributed by atoms with Gasteiger partial charge < -0.3 is 10.1 Å². The molecule has 0 bridgehead atoms. The van der Waals surface area contributed by atoms with E-state index < -0.39 is 0 Å². The molecular weight excluding hydrogens is 382 g/mol. The highest BCUT2D eigenvalue weighted by molar-refractivity contribution is 8.00. The molecule has 2 aromatic carbocycles. The van der Waals surface area contributed by atoms with E-state index in [0.717, 1.165) is 39.6 Å². The molecule has 1 aliphatic heterocycles. The monoisotopic (exact) mass is 403 g/mol. The van der Waals surface area contributed by atoms with Gasteiger partial charge in [-0.25, -0.2) is 4.68 Å². The molecule has 1 amide bonds. The Balaban J connectivity index is 1.79. The maximum Gasteiger partial charge on any atom is 0.235 e. The minimum absolute atomic E-state index is 0.0107. The van der Waals surface area contributed by atoms with Crippen molar-refractivity contribution in [3.63, 3.8) is 0 Å². The van der Waals surface area contributed by atoms with Gasteiger partial charge in [0.15, 0.2) is 0 Å². The summed E-state index contributed by atoms with van der Waals surface area (Å²) < 4.78 is 7.33. The summed E-state index contributed by atoms with van der Waals surface area (Å²) in [6.07, 6.45) is 5.26. The third-order valence-corrected chi connectivity index (χ3v) is 6.13. The van der Waals surface area contributed by atoms with Gasteiger partial charge in [0.25, 0.3) is 0 Å². The predicted octanol–water partition coefficient (Wildman–Crippen LogP) is 4.28. The zero-order valence-electron chi connectivity index (χ0n) is 16.3. The van der Waals surface area contributed by atoms with Gasteiger partial charge in [0.1, 0.15) is 18.2 Å². The Labute approximate surface area is 174 Å². The topological polar surface area (TPSA) is 56.1 Å². The Bertz CT molecular complexity index is 1100. The smallest absolute Gasteiger partial charge is 0.235 e. The molecule has 6 heteroatoms. The van der Waals surface area contributed by atoms with Gasteiger partial charge >= 0.3 is 0 Å². The summed E-state index contributed by atoms with van der Waals surface area (Å²) in [6.45, 7) is 4.27. The minimum atomic E-state index is -0.0255. The fraction of sp³-hybridized carbons (Fsp3) is 0.217. The van der Waals surface area contributed by atoms with Crippen LogP contribution in [-0.2, 0) is 4.79 Å². The Hall–Kier alpha value is -3.17. The van der Waals surface area contributed by atoms with E-state index in [0.29, 0.717) is 5.75 Å². The highest BCUT2D eigenvalue weighted by atomic mass is 32.2. The largest absolute Gasteiger partial charge is 0.481 e. The number of rotatable bonds is 4. The maximum atomic E-state index is 12.5. The number of amides is 1. The van der Waals surface area contributed by atoms with Crippen LogP contribution in [0.15, 0.2) is 48.5 Å². The van der Waals surface area contributed by atoms with Crippen molar-refractivity contribution in [1.82, 2.24) is 9.78 Å². The summed E-state index contributed by atoms with van der Waals surface area (Å²) in [5, 5.41) is 7.83. The lowest BCUT2D eigenvalue weighted by Crippen LogP contribution is -2.16. The molecule has 0 spiro atoms. The Kier molecular flexibility index (Phi) is 5.32. The SMILES string of the molecule is C#CCOc1ccc([C@H]2SCC(=O)Nc3c2c(C)nn3-c2ccccc2C)cc1. The number of hydrogen-bond donors (Lipinski definition) is 1. The van der Waals surface area contributed by atoms with Crippen molar-refractivity contribution in [2.45, 2.75) is 19.1 Å². The number of terminal acetylenes is 1. The number of aromatic nitrogens is 2. The van der Waals surface area contributed by atoms with E-state index in [2.05, 4.69) is 11.2 Å². The molecule has 2 heterocycles. The first-order valence-corrected chi connectivity index (χ1v) is 10.4. The second-order valence-corrected chi connectivity index (χ2v) is 7.94. The number of hydrogen-bond acceptors (Lipinski definition) is 4. The van der Waals surface area contributed by atoms with Crippen molar-refractivity contribution >= 4 is 23.5 Å². The number of thioether (sulfide) groups is 1.